The molecule has 1 aromatic heterocycles. The summed E-state index contributed by atoms with van der Waals surface area (Å²) in [5.41, 5.74) is 11.3. The quantitative estimate of drug-likeness (QED) is 0.538. The Morgan fingerprint density at radius 1 is 0.971 bits per heavy atom. The first-order valence-electron chi connectivity index (χ1n) is 11.7. The highest BCUT2D eigenvalue weighted by atomic mass is 16.5. The third-order valence-corrected chi connectivity index (χ3v) is 6.64. The van der Waals surface area contributed by atoms with Gasteiger partial charge in [0.25, 0.3) is 5.91 Å². The van der Waals surface area contributed by atoms with Gasteiger partial charge in [0.1, 0.15) is 5.69 Å². The van der Waals surface area contributed by atoms with Crippen LogP contribution in [0.1, 0.15) is 57.2 Å². The molecule has 6 nitrogen and oxygen atoms in total. The Labute approximate surface area is 201 Å². The van der Waals surface area contributed by atoms with Crippen molar-refractivity contribution < 1.29 is 14.3 Å². The van der Waals surface area contributed by atoms with Crippen LogP contribution >= 0.6 is 0 Å². The third kappa shape index (κ3) is 5.57. The Morgan fingerprint density at radius 3 is 2.29 bits per heavy atom. The maximum Gasteiger partial charge on any atom is 0.267 e. The number of rotatable bonds is 8. The summed E-state index contributed by atoms with van der Waals surface area (Å²) in [6.45, 7) is 4.92. The Morgan fingerprint density at radius 2 is 1.65 bits per heavy atom. The Bertz CT molecular complexity index is 1140. The van der Waals surface area contributed by atoms with E-state index >= 15 is 0 Å². The molecule has 0 saturated carbocycles. The van der Waals surface area contributed by atoms with Crippen LogP contribution in [0.4, 0.5) is 0 Å². The van der Waals surface area contributed by atoms with Crippen LogP contribution in [-0.4, -0.2) is 43.1 Å². The number of aryl methyl sites for hydroxylation is 1. The van der Waals surface area contributed by atoms with E-state index in [1.807, 2.05) is 25.1 Å². The van der Waals surface area contributed by atoms with Crippen LogP contribution in [0, 0.1) is 6.92 Å². The van der Waals surface area contributed by atoms with Gasteiger partial charge in [-0.15, -0.1) is 0 Å². The molecule has 2 N–H and O–H groups in total. The van der Waals surface area contributed by atoms with Gasteiger partial charge in [-0.2, -0.15) is 0 Å². The lowest BCUT2D eigenvalue weighted by Gasteiger charge is -2.32. The molecule has 0 radical (unpaired) electrons. The van der Waals surface area contributed by atoms with E-state index in [9.17, 15) is 4.79 Å². The standard InChI is InChI=1S/C28H33N3O3/c1-19-4-8-24(27(30-19)28(29)32)16-20-5-9-22(10-6-20)23-12-14-31(15-13-23)18-21-7-11-25(33-2)26(17-21)34-3/h4-11,17,23H,12-16,18H2,1-3H3,(H2,29,32). The van der Waals surface area contributed by atoms with Crippen LogP contribution in [0.5, 0.6) is 11.5 Å². The van der Waals surface area contributed by atoms with Gasteiger partial charge in [0.2, 0.25) is 0 Å². The molecule has 2 heterocycles. The van der Waals surface area contributed by atoms with Crippen molar-refractivity contribution in [2.75, 3.05) is 27.3 Å². The van der Waals surface area contributed by atoms with Crippen molar-refractivity contribution >= 4 is 5.91 Å². The van der Waals surface area contributed by atoms with Crippen LogP contribution in [0.25, 0.3) is 0 Å². The predicted octanol–water partition coefficient (Wildman–Crippen LogP) is 4.48. The van der Waals surface area contributed by atoms with E-state index in [0.717, 1.165) is 60.8 Å². The van der Waals surface area contributed by atoms with Gasteiger partial charge in [-0.05, 0) is 85.6 Å². The van der Waals surface area contributed by atoms with Crippen molar-refractivity contribution in [1.82, 2.24) is 9.88 Å². The minimum atomic E-state index is -0.477. The lowest BCUT2D eigenvalue weighted by atomic mass is 9.88. The molecule has 6 heteroatoms. The molecular formula is C28H33N3O3. The van der Waals surface area contributed by atoms with Crippen molar-refractivity contribution in [2.24, 2.45) is 5.73 Å². The molecule has 0 aliphatic carbocycles. The highest BCUT2D eigenvalue weighted by molar-refractivity contribution is 5.92. The van der Waals surface area contributed by atoms with Gasteiger partial charge in [0.05, 0.1) is 14.2 Å². The van der Waals surface area contributed by atoms with Gasteiger partial charge in [-0.1, -0.05) is 36.4 Å². The normalized spacial score (nSPS) is 14.7. The average molecular weight is 460 g/mol. The number of piperidine rings is 1. The number of pyridine rings is 1. The zero-order valence-corrected chi connectivity index (χ0v) is 20.2. The third-order valence-electron chi connectivity index (χ3n) is 6.64. The second-order valence-electron chi connectivity index (χ2n) is 8.98. The Kier molecular flexibility index (Phi) is 7.48. The summed E-state index contributed by atoms with van der Waals surface area (Å²) in [4.78, 5) is 18.6. The monoisotopic (exact) mass is 459 g/mol. The molecule has 0 spiro atoms. The highest BCUT2D eigenvalue weighted by Gasteiger charge is 2.21. The van der Waals surface area contributed by atoms with Gasteiger partial charge < -0.3 is 15.2 Å². The van der Waals surface area contributed by atoms with E-state index in [1.165, 1.54) is 11.1 Å². The van der Waals surface area contributed by atoms with Gasteiger partial charge in [-0.25, -0.2) is 4.98 Å². The van der Waals surface area contributed by atoms with E-state index in [0.29, 0.717) is 18.0 Å². The number of carbonyl (C=O) groups is 1. The number of ether oxygens (including phenoxy) is 2. The molecule has 4 rings (SSSR count). The largest absolute Gasteiger partial charge is 0.493 e. The molecule has 1 aliphatic rings. The zero-order chi connectivity index (χ0) is 24.1. The second-order valence-corrected chi connectivity index (χ2v) is 8.98. The van der Waals surface area contributed by atoms with Crippen LogP contribution in [0.3, 0.4) is 0 Å². The molecule has 1 fully saturated rings. The van der Waals surface area contributed by atoms with Crippen molar-refractivity contribution in [1.29, 1.82) is 0 Å². The number of hydrogen-bond donors (Lipinski definition) is 1. The average Bonchev–Trinajstić information content (AvgIpc) is 2.86. The molecule has 1 amide bonds. The summed E-state index contributed by atoms with van der Waals surface area (Å²) in [6.07, 6.45) is 2.93. The fourth-order valence-corrected chi connectivity index (χ4v) is 4.73. The lowest BCUT2D eigenvalue weighted by molar-refractivity contribution is 0.0994. The number of primary amides is 1. The second kappa shape index (κ2) is 10.7. The number of likely N-dealkylation sites (tertiary alicyclic amines) is 1. The molecule has 2 aromatic carbocycles. The van der Waals surface area contributed by atoms with Crippen molar-refractivity contribution in [3.05, 3.63) is 88.2 Å². The molecular weight excluding hydrogens is 426 g/mol. The SMILES string of the molecule is COc1ccc(CN2CCC(c3ccc(Cc4ccc(C)nc4C(N)=O)cc3)CC2)cc1OC. The predicted molar refractivity (Wildman–Crippen MR) is 134 cm³/mol. The molecule has 0 unspecified atom stereocenters. The lowest BCUT2D eigenvalue weighted by Crippen LogP contribution is -2.32. The molecule has 178 valence electrons. The van der Waals surface area contributed by atoms with Crippen molar-refractivity contribution in [3.63, 3.8) is 0 Å². The Hall–Kier alpha value is -3.38. The maximum absolute atomic E-state index is 11.8. The first-order chi connectivity index (χ1) is 16.5. The van der Waals surface area contributed by atoms with Crippen LogP contribution in [0.15, 0.2) is 54.6 Å². The summed E-state index contributed by atoms with van der Waals surface area (Å²) in [5.74, 6) is 1.63. The van der Waals surface area contributed by atoms with E-state index in [1.54, 1.807) is 14.2 Å². The first kappa shape index (κ1) is 23.8. The smallest absolute Gasteiger partial charge is 0.267 e. The van der Waals surface area contributed by atoms with Crippen molar-refractivity contribution in [3.8, 4) is 11.5 Å². The number of carbonyl (C=O) groups excluding carboxylic acids is 1. The van der Waals surface area contributed by atoms with E-state index in [4.69, 9.17) is 15.2 Å². The molecule has 0 atom stereocenters. The van der Waals surface area contributed by atoms with Crippen LogP contribution in [-0.2, 0) is 13.0 Å². The molecule has 0 bridgehead atoms. The van der Waals surface area contributed by atoms with E-state index in [2.05, 4.69) is 46.3 Å². The van der Waals surface area contributed by atoms with Gasteiger partial charge >= 0.3 is 0 Å². The number of nitrogens with two attached hydrogens (primary N) is 1. The number of aromatic nitrogens is 1. The van der Waals surface area contributed by atoms with Gasteiger partial charge in [0.15, 0.2) is 11.5 Å². The Balaban J connectivity index is 1.34. The van der Waals surface area contributed by atoms with Crippen LogP contribution < -0.4 is 15.2 Å². The number of amides is 1. The number of nitrogens with zero attached hydrogens (tertiary/aromatic N) is 2. The summed E-state index contributed by atoms with van der Waals surface area (Å²) in [7, 11) is 3.33. The topological polar surface area (TPSA) is 77.7 Å². The minimum Gasteiger partial charge on any atom is -0.493 e. The van der Waals surface area contributed by atoms with Crippen LogP contribution in [0.2, 0.25) is 0 Å². The number of benzene rings is 2. The zero-order valence-electron chi connectivity index (χ0n) is 20.2. The number of hydrogen-bond acceptors (Lipinski definition) is 5. The summed E-state index contributed by atoms with van der Waals surface area (Å²) in [6, 6.07) is 18.8. The minimum absolute atomic E-state index is 0.367. The first-order valence-corrected chi connectivity index (χ1v) is 11.7. The fraction of sp³-hybridized carbons (Fsp3) is 0.357. The summed E-state index contributed by atoms with van der Waals surface area (Å²) >= 11 is 0. The van der Waals surface area contributed by atoms with Gasteiger partial charge in [0, 0.05) is 12.2 Å². The molecule has 1 saturated heterocycles. The fourth-order valence-electron chi connectivity index (χ4n) is 4.73. The van der Waals surface area contributed by atoms with Gasteiger partial charge in [-0.3, -0.25) is 9.69 Å². The van der Waals surface area contributed by atoms with E-state index < -0.39 is 5.91 Å². The van der Waals surface area contributed by atoms with E-state index in [-0.39, 0.29) is 0 Å². The number of methoxy groups -OCH3 is 2. The maximum atomic E-state index is 11.8. The summed E-state index contributed by atoms with van der Waals surface area (Å²) in [5, 5.41) is 0. The molecule has 34 heavy (non-hydrogen) atoms. The summed E-state index contributed by atoms with van der Waals surface area (Å²) < 4.78 is 10.8. The highest BCUT2D eigenvalue weighted by Crippen LogP contribution is 2.31. The van der Waals surface area contributed by atoms with Crippen molar-refractivity contribution in [2.45, 2.75) is 38.6 Å². The molecule has 1 aliphatic heterocycles. The molecule has 3 aromatic rings.